The lowest BCUT2D eigenvalue weighted by molar-refractivity contribution is 0.351. The third-order valence-corrected chi connectivity index (χ3v) is 4.24. The molecule has 1 aliphatic rings. The summed E-state index contributed by atoms with van der Waals surface area (Å²) >= 11 is 0. The Labute approximate surface area is 111 Å². The van der Waals surface area contributed by atoms with Gasteiger partial charge in [0.15, 0.2) is 0 Å². The lowest BCUT2D eigenvalue weighted by atomic mass is 9.89. The molecule has 1 aromatic carbocycles. The van der Waals surface area contributed by atoms with Gasteiger partial charge in [0.25, 0.3) is 0 Å². The quantitative estimate of drug-likeness (QED) is 0.803. The van der Waals surface area contributed by atoms with Crippen LogP contribution in [0.3, 0.4) is 0 Å². The molecule has 2 nitrogen and oxygen atoms in total. The third kappa shape index (κ3) is 2.98. The Balaban J connectivity index is 2.12. The summed E-state index contributed by atoms with van der Waals surface area (Å²) in [6.45, 7) is 9.13. The molecule has 1 heterocycles. The molecule has 100 valence electrons. The van der Waals surface area contributed by atoms with Gasteiger partial charge in [-0.05, 0) is 55.7 Å². The first-order chi connectivity index (χ1) is 8.58. The molecule has 2 rings (SSSR count). The molecule has 0 amide bonds. The molecule has 1 unspecified atom stereocenters. The Hall–Kier alpha value is -1.18. The fourth-order valence-corrected chi connectivity index (χ4v) is 2.96. The second-order valence-corrected chi connectivity index (χ2v) is 5.98. The number of hydrogen-bond donors (Lipinski definition) is 1. The van der Waals surface area contributed by atoms with Crippen LogP contribution in [0.15, 0.2) is 18.2 Å². The van der Waals surface area contributed by atoms with E-state index in [1.807, 2.05) is 6.07 Å². The first-order valence-corrected chi connectivity index (χ1v) is 7.19. The maximum atomic E-state index is 6.12. The molecule has 1 fully saturated rings. The molecule has 1 atom stereocenters. The third-order valence-electron chi connectivity index (χ3n) is 4.24. The van der Waals surface area contributed by atoms with Crippen LogP contribution in [0, 0.1) is 18.8 Å². The number of nitrogens with two attached hydrogens (primary N) is 1. The highest BCUT2D eigenvalue weighted by atomic mass is 15.1. The van der Waals surface area contributed by atoms with Crippen LogP contribution in [0.25, 0.3) is 0 Å². The molecular weight excluding hydrogens is 220 g/mol. The average molecular weight is 246 g/mol. The number of hydrogen-bond acceptors (Lipinski definition) is 2. The Kier molecular flexibility index (Phi) is 4.15. The Morgan fingerprint density at radius 3 is 2.72 bits per heavy atom. The number of rotatable bonds is 2. The first-order valence-electron chi connectivity index (χ1n) is 7.19. The lowest BCUT2D eigenvalue weighted by Gasteiger charge is -2.25. The predicted molar refractivity (Wildman–Crippen MR) is 80.0 cm³/mol. The average Bonchev–Trinajstić information content (AvgIpc) is 2.58. The van der Waals surface area contributed by atoms with E-state index in [0.29, 0.717) is 0 Å². The summed E-state index contributed by atoms with van der Waals surface area (Å²) < 4.78 is 0. The van der Waals surface area contributed by atoms with Crippen molar-refractivity contribution in [2.24, 2.45) is 11.8 Å². The summed E-state index contributed by atoms with van der Waals surface area (Å²) in [4.78, 5) is 2.48. The molecule has 1 aliphatic heterocycles. The molecule has 0 saturated carbocycles. The zero-order valence-electron chi connectivity index (χ0n) is 11.9. The zero-order valence-corrected chi connectivity index (χ0v) is 11.9. The lowest BCUT2D eigenvalue weighted by Crippen LogP contribution is -2.25. The van der Waals surface area contributed by atoms with Crippen molar-refractivity contribution in [1.29, 1.82) is 0 Å². The normalized spacial score (nSPS) is 21.1. The fraction of sp³-hybridized carbons (Fsp3) is 0.625. The van der Waals surface area contributed by atoms with Crippen LogP contribution in [0.5, 0.6) is 0 Å². The predicted octanol–water partition coefficient (Wildman–Crippen LogP) is 3.84. The zero-order chi connectivity index (χ0) is 13.1. The van der Waals surface area contributed by atoms with Crippen molar-refractivity contribution in [1.82, 2.24) is 0 Å². The van der Waals surface area contributed by atoms with Crippen molar-refractivity contribution in [2.75, 3.05) is 23.7 Å². The fourth-order valence-electron chi connectivity index (χ4n) is 2.96. The van der Waals surface area contributed by atoms with Crippen LogP contribution in [0.2, 0.25) is 0 Å². The van der Waals surface area contributed by atoms with E-state index in [1.54, 1.807) is 0 Å². The molecule has 1 aromatic rings. The van der Waals surface area contributed by atoms with E-state index in [0.717, 1.165) is 30.6 Å². The minimum absolute atomic E-state index is 0.805. The van der Waals surface area contributed by atoms with Crippen molar-refractivity contribution in [2.45, 2.75) is 40.0 Å². The molecule has 1 saturated heterocycles. The van der Waals surface area contributed by atoms with E-state index in [-0.39, 0.29) is 0 Å². The Morgan fingerprint density at radius 1 is 1.22 bits per heavy atom. The largest absolute Gasteiger partial charge is 0.397 e. The monoisotopic (exact) mass is 246 g/mol. The Bertz CT molecular complexity index is 398. The van der Waals surface area contributed by atoms with Gasteiger partial charge in [-0.1, -0.05) is 19.9 Å². The maximum absolute atomic E-state index is 6.12. The number of anilines is 2. The summed E-state index contributed by atoms with van der Waals surface area (Å²) in [5.41, 5.74) is 9.57. The molecule has 0 spiro atoms. The first kappa shape index (κ1) is 13.3. The van der Waals surface area contributed by atoms with Gasteiger partial charge < -0.3 is 10.6 Å². The van der Waals surface area contributed by atoms with Crippen molar-refractivity contribution < 1.29 is 0 Å². The second kappa shape index (κ2) is 5.64. The van der Waals surface area contributed by atoms with Crippen LogP contribution >= 0.6 is 0 Å². The summed E-state index contributed by atoms with van der Waals surface area (Å²) in [5, 5.41) is 0. The number of nitrogen functional groups attached to an aromatic ring is 1. The van der Waals surface area contributed by atoms with E-state index in [2.05, 4.69) is 37.8 Å². The van der Waals surface area contributed by atoms with Crippen LogP contribution < -0.4 is 10.6 Å². The van der Waals surface area contributed by atoms with Crippen LogP contribution in [0.1, 0.15) is 38.7 Å². The molecule has 18 heavy (non-hydrogen) atoms. The number of nitrogens with zero attached hydrogens (tertiary/aromatic N) is 1. The van der Waals surface area contributed by atoms with Gasteiger partial charge in [-0.15, -0.1) is 0 Å². The van der Waals surface area contributed by atoms with Crippen LogP contribution in [-0.2, 0) is 0 Å². The van der Waals surface area contributed by atoms with Gasteiger partial charge in [0.2, 0.25) is 0 Å². The van der Waals surface area contributed by atoms with Crippen LogP contribution in [-0.4, -0.2) is 13.1 Å². The number of aryl methyl sites for hydroxylation is 1. The highest BCUT2D eigenvalue weighted by Gasteiger charge is 2.20. The van der Waals surface area contributed by atoms with Crippen molar-refractivity contribution in [3.05, 3.63) is 23.8 Å². The topological polar surface area (TPSA) is 29.3 Å². The molecule has 2 N–H and O–H groups in total. The standard InChI is InChI=1S/C16H26N2/c1-12(2)14-5-4-9-18(10-8-14)16-11-13(3)6-7-15(16)17/h6-7,11-12,14H,4-5,8-10,17H2,1-3H3. The van der Waals surface area contributed by atoms with E-state index in [4.69, 9.17) is 5.73 Å². The molecular formula is C16H26N2. The van der Waals surface area contributed by atoms with Crippen molar-refractivity contribution in [3.63, 3.8) is 0 Å². The molecule has 0 bridgehead atoms. The molecule has 2 heteroatoms. The van der Waals surface area contributed by atoms with Crippen LogP contribution in [0.4, 0.5) is 11.4 Å². The van der Waals surface area contributed by atoms with E-state index >= 15 is 0 Å². The summed E-state index contributed by atoms with van der Waals surface area (Å²) in [5.74, 6) is 1.68. The summed E-state index contributed by atoms with van der Waals surface area (Å²) in [6, 6.07) is 6.36. The van der Waals surface area contributed by atoms with Gasteiger partial charge in [-0.25, -0.2) is 0 Å². The SMILES string of the molecule is Cc1ccc(N)c(N2CCCC(C(C)C)CC2)c1. The number of benzene rings is 1. The highest BCUT2D eigenvalue weighted by Crippen LogP contribution is 2.30. The van der Waals surface area contributed by atoms with E-state index in [9.17, 15) is 0 Å². The Morgan fingerprint density at radius 2 is 2.00 bits per heavy atom. The minimum Gasteiger partial charge on any atom is -0.397 e. The van der Waals surface area contributed by atoms with Gasteiger partial charge in [0.1, 0.15) is 0 Å². The van der Waals surface area contributed by atoms with E-state index < -0.39 is 0 Å². The van der Waals surface area contributed by atoms with Crippen molar-refractivity contribution in [3.8, 4) is 0 Å². The maximum Gasteiger partial charge on any atom is 0.0602 e. The molecule has 0 aliphatic carbocycles. The molecule has 0 radical (unpaired) electrons. The minimum atomic E-state index is 0.805. The smallest absolute Gasteiger partial charge is 0.0602 e. The molecule has 0 aromatic heterocycles. The van der Waals surface area contributed by atoms with Crippen molar-refractivity contribution >= 4 is 11.4 Å². The van der Waals surface area contributed by atoms with Gasteiger partial charge in [0, 0.05) is 13.1 Å². The van der Waals surface area contributed by atoms with E-state index in [1.165, 1.54) is 30.5 Å². The van der Waals surface area contributed by atoms with Gasteiger partial charge >= 0.3 is 0 Å². The second-order valence-electron chi connectivity index (χ2n) is 5.98. The van der Waals surface area contributed by atoms with Gasteiger partial charge in [-0.3, -0.25) is 0 Å². The summed E-state index contributed by atoms with van der Waals surface area (Å²) in [6.07, 6.45) is 3.95. The van der Waals surface area contributed by atoms with Gasteiger partial charge in [0.05, 0.1) is 11.4 Å². The summed E-state index contributed by atoms with van der Waals surface area (Å²) in [7, 11) is 0. The van der Waals surface area contributed by atoms with Gasteiger partial charge in [-0.2, -0.15) is 0 Å². The highest BCUT2D eigenvalue weighted by molar-refractivity contribution is 5.68.